The van der Waals surface area contributed by atoms with Crippen LogP contribution in [0.3, 0.4) is 0 Å². The molecule has 29 heavy (non-hydrogen) atoms. The molecule has 0 aliphatic heterocycles. The van der Waals surface area contributed by atoms with Crippen LogP contribution in [0.4, 0.5) is 0 Å². The smallest absolute Gasteiger partial charge is 0.342 e. The maximum absolute atomic E-state index is 12.7. The van der Waals surface area contributed by atoms with Gasteiger partial charge in [0.1, 0.15) is 5.56 Å². The van der Waals surface area contributed by atoms with Gasteiger partial charge in [0.15, 0.2) is 6.61 Å². The third-order valence-electron chi connectivity index (χ3n) is 5.24. The van der Waals surface area contributed by atoms with Crippen molar-refractivity contribution < 1.29 is 14.3 Å². The van der Waals surface area contributed by atoms with Crippen LogP contribution in [0.15, 0.2) is 42.5 Å². The Bertz CT molecular complexity index is 1070. The molecule has 0 bridgehead atoms. The summed E-state index contributed by atoms with van der Waals surface area (Å²) in [4.78, 5) is 25.2. The molecule has 0 aliphatic rings. The van der Waals surface area contributed by atoms with Crippen LogP contribution in [0.5, 0.6) is 0 Å². The number of hydrogen-bond donors (Lipinski definition) is 0. The van der Waals surface area contributed by atoms with Crippen LogP contribution < -0.4 is 0 Å². The van der Waals surface area contributed by atoms with Gasteiger partial charge in [0, 0.05) is 5.56 Å². The molecule has 150 valence electrons. The Balaban J connectivity index is 1.73. The number of carbonyl (C=O) groups excluding carboxylic acids is 2. The predicted molar refractivity (Wildman–Crippen MR) is 113 cm³/mol. The molecular weight excluding hydrogens is 364 g/mol. The van der Waals surface area contributed by atoms with E-state index in [0.717, 1.165) is 27.9 Å². The van der Waals surface area contributed by atoms with Gasteiger partial charge in [-0.2, -0.15) is 5.10 Å². The van der Waals surface area contributed by atoms with Crippen molar-refractivity contribution in [2.24, 2.45) is 0 Å². The van der Waals surface area contributed by atoms with Crippen LogP contribution in [0.25, 0.3) is 0 Å². The zero-order valence-corrected chi connectivity index (χ0v) is 17.6. The van der Waals surface area contributed by atoms with Crippen molar-refractivity contribution in [1.29, 1.82) is 0 Å². The molecule has 0 N–H and O–H groups in total. The molecule has 0 spiro atoms. The number of ether oxygens (including phenoxy) is 1. The highest BCUT2D eigenvalue weighted by molar-refractivity contribution is 6.01. The molecule has 3 rings (SSSR count). The maximum atomic E-state index is 12.7. The highest BCUT2D eigenvalue weighted by atomic mass is 16.5. The lowest BCUT2D eigenvalue weighted by molar-refractivity contribution is 0.0473. The van der Waals surface area contributed by atoms with Crippen LogP contribution in [-0.2, 0) is 11.3 Å². The number of nitrogens with zero attached hydrogens (tertiary/aromatic N) is 2. The van der Waals surface area contributed by atoms with Crippen molar-refractivity contribution in [1.82, 2.24) is 9.78 Å². The summed E-state index contributed by atoms with van der Waals surface area (Å²) in [5, 5.41) is 4.48. The van der Waals surface area contributed by atoms with Crippen molar-refractivity contribution in [3.05, 3.63) is 87.2 Å². The first-order valence-electron chi connectivity index (χ1n) is 9.64. The highest BCUT2D eigenvalue weighted by Crippen LogP contribution is 2.18. The van der Waals surface area contributed by atoms with Gasteiger partial charge in [-0.3, -0.25) is 9.48 Å². The fourth-order valence-corrected chi connectivity index (χ4v) is 3.44. The van der Waals surface area contributed by atoms with Gasteiger partial charge in [0.2, 0.25) is 5.78 Å². The molecule has 1 heterocycles. The van der Waals surface area contributed by atoms with E-state index in [0.29, 0.717) is 23.4 Å². The molecule has 0 aliphatic carbocycles. The molecular formula is C24H26N2O3. The van der Waals surface area contributed by atoms with E-state index in [1.807, 2.05) is 70.2 Å². The standard InChI is InChI=1S/C24H26N2O3/c1-15-11-17(3)21(12-16(15)2)22(27)14-29-24(28)23-18(4)25-26(19(23)5)13-20-9-7-6-8-10-20/h6-12H,13-14H2,1-5H3. The zero-order valence-electron chi connectivity index (χ0n) is 17.6. The molecule has 0 radical (unpaired) electrons. The SMILES string of the molecule is Cc1cc(C)c(C(=O)COC(=O)c2c(C)nn(Cc3ccccc3)c2C)cc1C. The van der Waals surface area contributed by atoms with Crippen LogP contribution >= 0.6 is 0 Å². The third-order valence-corrected chi connectivity index (χ3v) is 5.24. The molecule has 0 saturated heterocycles. The highest BCUT2D eigenvalue weighted by Gasteiger charge is 2.22. The number of esters is 1. The van der Waals surface area contributed by atoms with Gasteiger partial charge >= 0.3 is 5.97 Å². The number of Topliss-reactive ketones (excluding diaryl/α,β-unsaturated/α-hetero) is 1. The first kappa shape index (κ1) is 20.5. The van der Waals surface area contributed by atoms with E-state index in [2.05, 4.69) is 5.10 Å². The Labute approximate surface area is 171 Å². The molecule has 5 nitrogen and oxygen atoms in total. The first-order chi connectivity index (χ1) is 13.8. The number of benzene rings is 2. The Morgan fingerprint density at radius 3 is 2.28 bits per heavy atom. The summed E-state index contributed by atoms with van der Waals surface area (Å²) in [5.74, 6) is -0.722. The van der Waals surface area contributed by atoms with Crippen molar-refractivity contribution >= 4 is 11.8 Å². The van der Waals surface area contributed by atoms with Crippen molar-refractivity contribution in [3.63, 3.8) is 0 Å². The molecule has 0 atom stereocenters. The summed E-state index contributed by atoms with van der Waals surface area (Å²) < 4.78 is 7.14. The second kappa shape index (κ2) is 8.43. The Morgan fingerprint density at radius 1 is 0.931 bits per heavy atom. The normalized spacial score (nSPS) is 10.8. The molecule has 0 unspecified atom stereocenters. The largest absolute Gasteiger partial charge is 0.454 e. The minimum Gasteiger partial charge on any atom is -0.454 e. The van der Waals surface area contributed by atoms with Crippen molar-refractivity contribution in [2.75, 3.05) is 6.61 Å². The Morgan fingerprint density at radius 2 is 1.59 bits per heavy atom. The summed E-state index contributed by atoms with van der Waals surface area (Å²) in [7, 11) is 0. The van der Waals surface area contributed by atoms with Gasteiger partial charge in [-0.1, -0.05) is 36.4 Å². The number of aryl methyl sites for hydroxylation is 4. The van der Waals surface area contributed by atoms with Gasteiger partial charge in [-0.05, 0) is 62.9 Å². The molecule has 0 fully saturated rings. The van der Waals surface area contributed by atoms with E-state index in [4.69, 9.17) is 4.74 Å². The molecule has 0 amide bonds. The molecule has 0 saturated carbocycles. The lowest BCUT2D eigenvalue weighted by atomic mass is 9.98. The average molecular weight is 390 g/mol. The topological polar surface area (TPSA) is 61.2 Å². The van der Waals surface area contributed by atoms with E-state index in [1.54, 1.807) is 11.6 Å². The summed E-state index contributed by atoms with van der Waals surface area (Å²) in [6.07, 6.45) is 0. The minimum absolute atomic E-state index is 0.203. The van der Waals surface area contributed by atoms with Crippen LogP contribution in [0.1, 0.15) is 54.4 Å². The Hall–Kier alpha value is -3.21. The maximum Gasteiger partial charge on any atom is 0.342 e. The second-order valence-corrected chi connectivity index (χ2v) is 7.44. The fourth-order valence-electron chi connectivity index (χ4n) is 3.44. The van der Waals surface area contributed by atoms with Gasteiger partial charge in [0.25, 0.3) is 0 Å². The fraction of sp³-hybridized carbons (Fsp3) is 0.292. The van der Waals surface area contributed by atoms with Gasteiger partial charge in [-0.25, -0.2) is 4.79 Å². The first-order valence-corrected chi connectivity index (χ1v) is 9.64. The van der Waals surface area contributed by atoms with Crippen molar-refractivity contribution in [2.45, 2.75) is 41.2 Å². The molecule has 1 aromatic heterocycles. The molecule has 5 heteroatoms. The number of aromatic nitrogens is 2. The number of rotatable bonds is 6. The van der Waals surface area contributed by atoms with E-state index >= 15 is 0 Å². The zero-order chi connectivity index (χ0) is 21.1. The van der Waals surface area contributed by atoms with E-state index < -0.39 is 5.97 Å². The number of carbonyl (C=O) groups is 2. The molecule has 2 aromatic carbocycles. The van der Waals surface area contributed by atoms with Crippen LogP contribution in [0, 0.1) is 34.6 Å². The lowest BCUT2D eigenvalue weighted by Crippen LogP contribution is -2.16. The predicted octanol–water partition coefficient (Wildman–Crippen LogP) is 4.51. The van der Waals surface area contributed by atoms with E-state index in [1.165, 1.54) is 0 Å². The minimum atomic E-state index is -0.519. The number of hydrogen-bond acceptors (Lipinski definition) is 4. The van der Waals surface area contributed by atoms with Crippen LogP contribution in [0.2, 0.25) is 0 Å². The quantitative estimate of drug-likeness (QED) is 0.459. The van der Waals surface area contributed by atoms with Gasteiger partial charge < -0.3 is 4.74 Å². The third kappa shape index (κ3) is 4.45. The summed E-state index contributed by atoms with van der Waals surface area (Å²) in [6.45, 7) is 9.77. The molecule has 3 aromatic rings. The lowest BCUT2D eigenvalue weighted by Gasteiger charge is -2.10. The summed E-state index contributed by atoms with van der Waals surface area (Å²) in [5.41, 5.74) is 6.49. The van der Waals surface area contributed by atoms with E-state index in [9.17, 15) is 9.59 Å². The average Bonchev–Trinajstić information content (AvgIpc) is 2.96. The van der Waals surface area contributed by atoms with Gasteiger partial charge in [0.05, 0.1) is 17.9 Å². The number of ketones is 1. The summed E-state index contributed by atoms with van der Waals surface area (Å²) >= 11 is 0. The summed E-state index contributed by atoms with van der Waals surface area (Å²) in [6, 6.07) is 13.8. The second-order valence-electron chi connectivity index (χ2n) is 7.44. The van der Waals surface area contributed by atoms with E-state index in [-0.39, 0.29) is 12.4 Å². The van der Waals surface area contributed by atoms with Crippen LogP contribution in [-0.4, -0.2) is 28.1 Å². The van der Waals surface area contributed by atoms with Gasteiger partial charge in [-0.15, -0.1) is 0 Å². The monoisotopic (exact) mass is 390 g/mol. The Kier molecular flexibility index (Phi) is 5.97. The van der Waals surface area contributed by atoms with Crippen molar-refractivity contribution in [3.8, 4) is 0 Å².